The molecule has 0 aliphatic heterocycles. The molecule has 5 heteroatoms. The van der Waals surface area contributed by atoms with Gasteiger partial charge in [-0.3, -0.25) is 0 Å². The van der Waals surface area contributed by atoms with Crippen molar-refractivity contribution >= 4 is 33.3 Å². The van der Waals surface area contributed by atoms with E-state index >= 15 is 0 Å². The zero-order chi connectivity index (χ0) is 6.27. The van der Waals surface area contributed by atoms with E-state index in [9.17, 15) is 0 Å². The van der Waals surface area contributed by atoms with Crippen LogP contribution in [0.25, 0.3) is 4.96 Å². The first-order valence-corrected chi connectivity index (χ1v) is 3.50. The summed E-state index contributed by atoms with van der Waals surface area (Å²) in [6.07, 6.45) is 1.91. The number of imidazole rings is 1. The Hall–Kier alpha value is -0.420. The molecule has 0 aromatic carbocycles. The number of fused-ring (bicyclic) bond motifs is 1. The van der Waals surface area contributed by atoms with Crippen molar-refractivity contribution in [1.29, 1.82) is 0 Å². The van der Waals surface area contributed by atoms with Crippen LogP contribution in [0.15, 0.2) is 11.7 Å². The minimum absolute atomic E-state index is 0. The molecule has 54 valence electrons. The minimum Gasteiger partial charge on any atom is -0.223 e. The average molecular weight is 220 g/mol. The van der Waals surface area contributed by atoms with Crippen LogP contribution in [-0.4, -0.2) is 14.6 Å². The van der Waals surface area contributed by atoms with Crippen LogP contribution in [-0.2, 0) is 0 Å². The highest BCUT2D eigenvalue weighted by atomic mass is 79.9. The molecule has 2 aromatic rings. The fourth-order valence-corrected chi connectivity index (χ4v) is 1.40. The van der Waals surface area contributed by atoms with E-state index in [2.05, 4.69) is 10.1 Å². The van der Waals surface area contributed by atoms with Crippen LogP contribution in [0, 0.1) is 6.92 Å². The van der Waals surface area contributed by atoms with Crippen LogP contribution in [0.2, 0.25) is 0 Å². The first-order chi connectivity index (χ1) is 4.36. The molecule has 0 spiro atoms. The number of nitrogens with zero attached hydrogens (tertiary/aromatic N) is 3. The molecule has 0 saturated heterocycles. The van der Waals surface area contributed by atoms with Gasteiger partial charge in [-0.1, -0.05) is 11.3 Å². The van der Waals surface area contributed by atoms with Crippen LogP contribution < -0.4 is 0 Å². The molecular weight excluding hydrogens is 214 g/mol. The van der Waals surface area contributed by atoms with E-state index in [1.807, 2.05) is 13.1 Å². The topological polar surface area (TPSA) is 30.2 Å². The third kappa shape index (κ3) is 1.06. The van der Waals surface area contributed by atoms with Gasteiger partial charge in [0.25, 0.3) is 0 Å². The molecule has 0 bridgehead atoms. The summed E-state index contributed by atoms with van der Waals surface area (Å²) in [4.78, 5) is 5.16. The molecule has 0 fully saturated rings. The molecule has 3 nitrogen and oxygen atoms in total. The Morgan fingerprint density at radius 3 is 3.10 bits per heavy atom. The summed E-state index contributed by atoms with van der Waals surface area (Å²) in [5.41, 5.74) is 2.80. The number of hydrogen-bond acceptors (Lipinski definition) is 3. The smallest absolute Gasteiger partial charge is 0.212 e. The molecule has 2 aromatic heterocycles. The Bertz CT molecular complexity index is 298. The molecule has 0 N–H and O–H groups in total. The lowest BCUT2D eigenvalue weighted by Gasteiger charge is -1.70. The van der Waals surface area contributed by atoms with Gasteiger partial charge in [0.05, 0.1) is 11.9 Å². The van der Waals surface area contributed by atoms with E-state index in [1.165, 1.54) is 0 Å². The second-order valence-corrected chi connectivity index (χ2v) is 2.66. The molecule has 10 heavy (non-hydrogen) atoms. The molecule has 0 radical (unpaired) electrons. The van der Waals surface area contributed by atoms with Gasteiger partial charge in [0.2, 0.25) is 4.96 Å². The lowest BCUT2D eigenvalue weighted by Crippen LogP contribution is -1.75. The van der Waals surface area contributed by atoms with Gasteiger partial charge >= 0.3 is 0 Å². The van der Waals surface area contributed by atoms with Gasteiger partial charge < -0.3 is 0 Å². The van der Waals surface area contributed by atoms with Gasteiger partial charge in [0, 0.05) is 0 Å². The number of hydrogen-bond donors (Lipinski definition) is 0. The molecule has 0 amide bonds. The third-order valence-electron chi connectivity index (χ3n) is 1.11. The lowest BCUT2D eigenvalue weighted by atomic mass is 10.6. The van der Waals surface area contributed by atoms with Crippen molar-refractivity contribution in [3.05, 3.63) is 17.4 Å². The van der Waals surface area contributed by atoms with Crippen LogP contribution in [0.1, 0.15) is 5.69 Å². The van der Waals surface area contributed by atoms with Gasteiger partial charge in [0.15, 0.2) is 0 Å². The number of aromatic nitrogens is 3. The lowest BCUT2D eigenvalue weighted by molar-refractivity contribution is 0.971. The van der Waals surface area contributed by atoms with E-state index in [0.29, 0.717) is 0 Å². The van der Waals surface area contributed by atoms with E-state index in [4.69, 9.17) is 0 Å². The van der Waals surface area contributed by atoms with Crippen molar-refractivity contribution in [1.82, 2.24) is 14.6 Å². The SMILES string of the molecule is Br.Cc1cn2ncsc2n1. The molecule has 2 heterocycles. The Kier molecular flexibility index (Phi) is 2.05. The molecule has 0 saturated carbocycles. The predicted molar refractivity (Wildman–Crippen MR) is 45.9 cm³/mol. The largest absolute Gasteiger partial charge is 0.223 e. The number of aryl methyl sites for hydroxylation is 1. The monoisotopic (exact) mass is 219 g/mol. The number of halogens is 1. The van der Waals surface area contributed by atoms with E-state index in [-0.39, 0.29) is 17.0 Å². The first-order valence-electron chi connectivity index (χ1n) is 2.62. The summed E-state index contributed by atoms with van der Waals surface area (Å²) >= 11 is 1.55. The molecule has 0 aliphatic carbocycles. The Labute approximate surface area is 72.5 Å². The summed E-state index contributed by atoms with van der Waals surface area (Å²) in [5, 5.41) is 4.01. The highest BCUT2D eigenvalue weighted by Crippen LogP contribution is 2.06. The summed E-state index contributed by atoms with van der Waals surface area (Å²) < 4.78 is 1.78. The van der Waals surface area contributed by atoms with Crippen molar-refractivity contribution in [2.24, 2.45) is 0 Å². The number of rotatable bonds is 0. The van der Waals surface area contributed by atoms with Crippen molar-refractivity contribution in [3.63, 3.8) is 0 Å². The molecular formula is C5H6BrN3S. The zero-order valence-electron chi connectivity index (χ0n) is 5.31. The Morgan fingerprint density at radius 1 is 1.60 bits per heavy atom. The predicted octanol–water partition coefficient (Wildman–Crippen LogP) is 1.68. The highest BCUT2D eigenvalue weighted by molar-refractivity contribution is 8.93. The normalized spacial score (nSPS) is 9.70. The summed E-state index contributed by atoms with van der Waals surface area (Å²) in [6.45, 7) is 1.96. The second kappa shape index (κ2) is 2.67. The fourth-order valence-electron chi connectivity index (χ4n) is 0.748. The molecule has 0 aliphatic rings. The molecule has 0 atom stereocenters. The molecule has 0 unspecified atom stereocenters. The van der Waals surface area contributed by atoms with Gasteiger partial charge in [-0.15, -0.1) is 17.0 Å². The summed E-state index contributed by atoms with van der Waals surface area (Å²) in [5.74, 6) is 0. The van der Waals surface area contributed by atoms with Crippen LogP contribution in [0.3, 0.4) is 0 Å². The third-order valence-corrected chi connectivity index (χ3v) is 1.80. The van der Waals surface area contributed by atoms with Gasteiger partial charge in [-0.2, -0.15) is 5.10 Å². The Balaban J connectivity index is 0.000000500. The minimum atomic E-state index is 0. The van der Waals surface area contributed by atoms with Crippen LogP contribution in [0.4, 0.5) is 0 Å². The maximum absolute atomic E-state index is 4.19. The summed E-state index contributed by atoms with van der Waals surface area (Å²) in [6, 6.07) is 0. The van der Waals surface area contributed by atoms with Gasteiger partial charge in [-0.05, 0) is 6.92 Å². The quantitative estimate of drug-likeness (QED) is 0.676. The van der Waals surface area contributed by atoms with Crippen LogP contribution in [0.5, 0.6) is 0 Å². The van der Waals surface area contributed by atoms with Gasteiger partial charge in [-0.25, -0.2) is 9.50 Å². The Morgan fingerprint density at radius 2 is 2.40 bits per heavy atom. The van der Waals surface area contributed by atoms with Gasteiger partial charge in [0.1, 0.15) is 5.51 Å². The van der Waals surface area contributed by atoms with Crippen molar-refractivity contribution in [2.45, 2.75) is 6.92 Å². The van der Waals surface area contributed by atoms with Crippen molar-refractivity contribution < 1.29 is 0 Å². The highest BCUT2D eigenvalue weighted by Gasteiger charge is 1.96. The molecule has 2 rings (SSSR count). The second-order valence-electron chi connectivity index (χ2n) is 1.85. The zero-order valence-corrected chi connectivity index (χ0v) is 7.84. The summed E-state index contributed by atoms with van der Waals surface area (Å²) in [7, 11) is 0. The first kappa shape index (κ1) is 7.68. The van der Waals surface area contributed by atoms with E-state index in [1.54, 1.807) is 21.4 Å². The van der Waals surface area contributed by atoms with E-state index in [0.717, 1.165) is 10.7 Å². The fraction of sp³-hybridized carbons (Fsp3) is 0.200. The van der Waals surface area contributed by atoms with E-state index < -0.39 is 0 Å². The van der Waals surface area contributed by atoms with Crippen LogP contribution >= 0.6 is 28.3 Å². The maximum atomic E-state index is 4.19. The standard InChI is InChI=1S/C5H5N3S.BrH/c1-4-2-8-5(7-4)9-3-6-8;/h2-3H,1H3;1H. The maximum Gasteiger partial charge on any atom is 0.212 e. The van der Waals surface area contributed by atoms with Crippen molar-refractivity contribution in [2.75, 3.05) is 0 Å². The average Bonchev–Trinajstić information content (AvgIpc) is 2.22. The van der Waals surface area contributed by atoms with Crippen molar-refractivity contribution in [3.8, 4) is 0 Å².